The molecule has 0 aliphatic carbocycles. The summed E-state index contributed by atoms with van der Waals surface area (Å²) in [6.45, 7) is 4.21. The molecular weight excluding hydrogens is 473 g/mol. The van der Waals surface area contributed by atoms with Crippen molar-refractivity contribution in [3.05, 3.63) is 63.9 Å². The number of halogens is 2. The molecule has 2 aromatic rings. The van der Waals surface area contributed by atoms with Gasteiger partial charge in [0.2, 0.25) is 5.91 Å². The van der Waals surface area contributed by atoms with Gasteiger partial charge in [-0.25, -0.2) is 12.8 Å². The molecule has 0 unspecified atom stereocenters. The topological polar surface area (TPSA) is 87.6 Å². The van der Waals surface area contributed by atoms with E-state index in [-0.39, 0.29) is 28.4 Å². The zero-order valence-corrected chi connectivity index (χ0v) is 19.1. The van der Waals surface area contributed by atoms with E-state index in [1.165, 1.54) is 12.1 Å². The van der Waals surface area contributed by atoms with Crippen molar-refractivity contribution in [3.63, 3.8) is 0 Å². The van der Waals surface area contributed by atoms with Crippen molar-refractivity contribution in [1.82, 2.24) is 10.0 Å². The maximum atomic E-state index is 13.4. The molecule has 0 bridgehead atoms. The van der Waals surface area contributed by atoms with Crippen LogP contribution in [0.5, 0.6) is 0 Å². The summed E-state index contributed by atoms with van der Waals surface area (Å²) in [4.78, 5) is 17.5. The summed E-state index contributed by atoms with van der Waals surface area (Å²) in [6.07, 6.45) is 1.23. The summed E-state index contributed by atoms with van der Waals surface area (Å²) in [7, 11) is -3.67. The summed E-state index contributed by atoms with van der Waals surface area (Å²) in [6, 6.07) is 10.5. The molecule has 0 saturated carbocycles. The molecule has 2 atom stereocenters. The first kappa shape index (κ1) is 22.4. The molecule has 1 aliphatic heterocycles. The number of hydrogen-bond donors (Lipinski definition) is 2. The number of carbonyl (C=O) groups excluding carboxylic acids is 1. The number of sulfonamides is 1. The highest BCUT2D eigenvalue weighted by Crippen LogP contribution is 2.24. The van der Waals surface area contributed by atoms with Crippen molar-refractivity contribution in [3.8, 4) is 0 Å². The molecule has 0 saturated heterocycles. The SMILES string of the molecule is CC[C@H](C)[C@H](N=C1NS(=O)(=O)c2ccccc21)C(=O)NCCc1ccc(F)c(Br)c1. The molecule has 1 heterocycles. The Labute approximate surface area is 184 Å². The van der Waals surface area contributed by atoms with Crippen LogP contribution in [-0.4, -0.2) is 32.7 Å². The minimum Gasteiger partial charge on any atom is -0.354 e. The van der Waals surface area contributed by atoms with Gasteiger partial charge in [0, 0.05) is 12.1 Å². The van der Waals surface area contributed by atoms with Gasteiger partial charge in [0.25, 0.3) is 10.0 Å². The first-order chi connectivity index (χ1) is 14.2. The van der Waals surface area contributed by atoms with Crippen molar-refractivity contribution in [2.24, 2.45) is 10.9 Å². The van der Waals surface area contributed by atoms with Crippen LogP contribution in [0, 0.1) is 11.7 Å². The third-order valence-corrected chi connectivity index (χ3v) is 7.08. The average molecular weight is 496 g/mol. The number of hydrogen-bond acceptors (Lipinski definition) is 4. The summed E-state index contributed by atoms with van der Waals surface area (Å²) < 4.78 is 40.8. The molecule has 160 valence electrons. The zero-order chi connectivity index (χ0) is 21.9. The van der Waals surface area contributed by atoms with Gasteiger partial charge in [0.1, 0.15) is 17.7 Å². The second kappa shape index (κ2) is 9.26. The predicted octanol–water partition coefficient (Wildman–Crippen LogP) is 3.40. The number of rotatable bonds is 7. The number of fused-ring (bicyclic) bond motifs is 1. The van der Waals surface area contributed by atoms with Gasteiger partial charge in [-0.3, -0.25) is 14.5 Å². The van der Waals surface area contributed by atoms with Crippen LogP contribution >= 0.6 is 15.9 Å². The van der Waals surface area contributed by atoms with E-state index in [1.54, 1.807) is 30.3 Å². The average Bonchev–Trinajstić information content (AvgIpc) is 2.98. The lowest BCUT2D eigenvalue weighted by molar-refractivity contribution is -0.123. The molecule has 9 heteroatoms. The Hall–Kier alpha value is -2.26. The van der Waals surface area contributed by atoms with Crippen molar-refractivity contribution in [2.75, 3.05) is 6.54 Å². The van der Waals surface area contributed by atoms with E-state index in [1.807, 2.05) is 13.8 Å². The highest BCUT2D eigenvalue weighted by molar-refractivity contribution is 9.10. The highest BCUT2D eigenvalue weighted by Gasteiger charge is 2.33. The Morgan fingerprint density at radius 1 is 1.27 bits per heavy atom. The number of nitrogens with zero attached hydrogens (tertiary/aromatic N) is 1. The van der Waals surface area contributed by atoms with Crippen LogP contribution in [-0.2, 0) is 21.2 Å². The smallest absolute Gasteiger partial charge is 0.263 e. The standard InChI is InChI=1S/C21H23BrFN3O3S/c1-3-13(2)19(21(27)24-11-10-14-8-9-17(23)16(22)12-14)25-20-15-6-4-5-7-18(15)30(28,29)26-20/h4-9,12-13,19H,3,10-11H2,1-2H3,(H,24,27)(H,25,26)/t13-,19-/m0/s1. The second-order valence-electron chi connectivity index (χ2n) is 7.20. The quantitative estimate of drug-likeness (QED) is 0.616. The van der Waals surface area contributed by atoms with Gasteiger partial charge in [-0.15, -0.1) is 0 Å². The van der Waals surface area contributed by atoms with Crippen LogP contribution in [0.1, 0.15) is 31.4 Å². The van der Waals surface area contributed by atoms with E-state index >= 15 is 0 Å². The molecule has 3 rings (SSSR count). The van der Waals surface area contributed by atoms with Crippen LogP contribution < -0.4 is 10.0 Å². The molecule has 2 N–H and O–H groups in total. The van der Waals surface area contributed by atoms with E-state index in [0.717, 1.165) is 5.56 Å². The maximum Gasteiger partial charge on any atom is 0.263 e. The first-order valence-electron chi connectivity index (χ1n) is 9.64. The lowest BCUT2D eigenvalue weighted by Crippen LogP contribution is -2.40. The number of benzene rings is 2. The van der Waals surface area contributed by atoms with Crippen molar-refractivity contribution in [1.29, 1.82) is 0 Å². The molecule has 0 radical (unpaired) electrons. The number of aliphatic imine (C=N–C) groups is 1. The van der Waals surface area contributed by atoms with Crippen molar-refractivity contribution in [2.45, 2.75) is 37.6 Å². The Bertz CT molecular complexity index is 1090. The van der Waals surface area contributed by atoms with Crippen LogP contribution in [0.3, 0.4) is 0 Å². The van der Waals surface area contributed by atoms with Crippen molar-refractivity contribution < 1.29 is 17.6 Å². The Morgan fingerprint density at radius 3 is 2.70 bits per heavy atom. The monoisotopic (exact) mass is 495 g/mol. The summed E-state index contributed by atoms with van der Waals surface area (Å²) >= 11 is 3.15. The number of carbonyl (C=O) groups is 1. The second-order valence-corrected chi connectivity index (χ2v) is 9.70. The van der Waals surface area contributed by atoms with Gasteiger partial charge in [-0.05, 0) is 58.1 Å². The van der Waals surface area contributed by atoms with Crippen LogP contribution in [0.15, 0.2) is 56.8 Å². The number of nitrogens with one attached hydrogen (secondary N) is 2. The minimum absolute atomic E-state index is 0.0882. The molecule has 0 spiro atoms. The van der Waals surface area contributed by atoms with Gasteiger partial charge in [-0.1, -0.05) is 38.5 Å². The molecule has 6 nitrogen and oxygen atoms in total. The van der Waals surface area contributed by atoms with Gasteiger partial charge < -0.3 is 5.32 Å². The van der Waals surface area contributed by atoms with Crippen LogP contribution in [0.25, 0.3) is 0 Å². The molecular formula is C21H23BrFN3O3S. The third kappa shape index (κ3) is 4.89. The number of amides is 1. The Balaban J connectivity index is 1.75. The third-order valence-electron chi connectivity index (χ3n) is 5.08. The zero-order valence-electron chi connectivity index (χ0n) is 16.7. The normalized spacial score (nSPS) is 17.8. The largest absolute Gasteiger partial charge is 0.354 e. The highest BCUT2D eigenvalue weighted by atomic mass is 79.9. The predicted molar refractivity (Wildman–Crippen MR) is 117 cm³/mol. The van der Waals surface area contributed by atoms with E-state index in [9.17, 15) is 17.6 Å². The molecule has 1 aliphatic rings. The lowest BCUT2D eigenvalue weighted by atomic mass is 9.98. The Kier molecular flexibility index (Phi) is 6.92. The summed E-state index contributed by atoms with van der Waals surface area (Å²) in [5.74, 6) is -0.514. The minimum atomic E-state index is -3.67. The Morgan fingerprint density at radius 2 is 2.00 bits per heavy atom. The van der Waals surface area contributed by atoms with E-state index in [4.69, 9.17) is 0 Å². The fourth-order valence-corrected chi connectivity index (χ4v) is 4.83. The fourth-order valence-electron chi connectivity index (χ4n) is 3.17. The molecule has 1 amide bonds. The van der Waals surface area contributed by atoms with E-state index in [0.29, 0.717) is 29.4 Å². The van der Waals surface area contributed by atoms with E-state index < -0.39 is 16.1 Å². The lowest BCUT2D eigenvalue weighted by Gasteiger charge is -2.19. The van der Waals surface area contributed by atoms with Gasteiger partial charge >= 0.3 is 0 Å². The van der Waals surface area contributed by atoms with E-state index in [2.05, 4.69) is 31.0 Å². The fraction of sp³-hybridized carbons (Fsp3) is 0.333. The van der Waals surface area contributed by atoms with Crippen LogP contribution in [0.4, 0.5) is 4.39 Å². The molecule has 0 fully saturated rings. The number of amidine groups is 1. The first-order valence-corrected chi connectivity index (χ1v) is 11.9. The summed E-state index contributed by atoms with van der Waals surface area (Å²) in [5.41, 5.74) is 1.35. The van der Waals surface area contributed by atoms with Crippen LogP contribution in [0.2, 0.25) is 0 Å². The maximum absolute atomic E-state index is 13.4. The molecule has 2 aromatic carbocycles. The van der Waals surface area contributed by atoms with Gasteiger partial charge in [0.05, 0.1) is 9.37 Å². The summed E-state index contributed by atoms with van der Waals surface area (Å²) in [5, 5.41) is 2.87. The van der Waals surface area contributed by atoms with Crippen molar-refractivity contribution >= 4 is 37.7 Å². The van der Waals surface area contributed by atoms with Gasteiger partial charge in [-0.2, -0.15) is 0 Å². The molecule has 30 heavy (non-hydrogen) atoms. The molecule has 0 aromatic heterocycles. The van der Waals surface area contributed by atoms with Gasteiger partial charge in [0.15, 0.2) is 0 Å².